The average Bonchev–Trinajstić information content (AvgIpc) is 3.42. The molecule has 2 rings (SSSR count). The summed E-state index contributed by atoms with van der Waals surface area (Å²) in [7, 11) is 1.59. The molecule has 0 aromatic rings. The van der Waals surface area contributed by atoms with E-state index in [9.17, 15) is 18.0 Å². The zero-order valence-electron chi connectivity index (χ0n) is 15.8. The van der Waals surface area contributed by atoms with E-state index in [4.69, 9.17) is 4.74 Å². The first-order chi connectivity index (χ1) is 12.3. The molecule has 3 atom stereocenters. The molecule has 0 saturated heterocycles. The first-order valence-electron chi connectivity index (χ1n) is 9.30. The Labute approximate surface area is 175 Å². The van der Waals surface area contributed by atoms with Gasteiger partial charge in [-0.15, -0.1) is 24.0 Å². The monoisotopic (exact) mass is 506 g/mol. The number of aliphatic imine (C=N–C) groups is 1. The van der Waals surface area contributed by atoms with E-state index >= 15 is 0 Å². The first kappa shape index (κ1) is 24.1. The Hall–Kier alpha value is -0.940. The highest BCUT2D eigenvalue weighted by atomic mass is 127. The van der Waals surface area contributed by atoms with Crippen molar-refractivity contribution in [2.24, 2.45) is 16.8 Å². The Balaban J connectivity index is 0.00000364. The van der Waals surface area contributed by atoms with Crippen LogP contribution in [0.1, 0.15) is 45.4 Å². The highest BCUT2D eigenvalue weighted by Gasteiger charge is 2.42. The van der Waals surface area contributed by atoms with Gasteiger partial charge < -0.3 is 20.7 Å². The van der Waals surface area contributed by atoms with E-state index in [2.05, 4.69) is 20.9 Å². The van der Waals surface area contributed by atoms with Gasteiger partial charge in [-0.05, 0) is 44.9 Å². The van der Waals surface area contributed by atoms with Gasteiger partial charge in [-0.2, -0.15) is 13.2 Å². The summed E-state index contributed by atoms with van der Waals surface area (Å²) >= 11 is 0. The maximum atomic E-state index is 12.9. The predicted octanol–water partition coefficient (Wildman–Crippen LogP) is 3.42. The number of halogens is 4. The second-order valence-corrected chi connectivity index (χ2v) is 7.01. The minimum atomic E-state index is -4.14. The summed E-state index contributed by atoms with van der Waals surface area (Å²) in [5.74, 6) is -0.389. The standard InChI is InChI=1S/C17H29F3N4O2.HI/c1-3-26-16(25)24-14(11-7-8-11)10-22-15(21-2)23-13-6-4-5-12(9-13)17(18,19)20;/h11-14H,3-10H2,1-2H3,(H,24,25)(H2,21,22,23);1H. The Bertz CT molecular complexity index is 501. The topological polar surface area (TPSA) is 74.8 Å². The number of ether oxygens (including phenoxy) is 1. The van der Waals surface area contributed by atoms with E-state index in [1.807, 2.05) is 0 Å². The molecular weight excluding hydrogens is 476 g/mol. The summed E-state index contributed by atoms with van der Waals surface area (Å²) in [5, 5.41) is 9.06. The number of rotatable bonds is 6. The molecule has 0 heterocycles. The van der Waals surface area contributed by atoms with Gasteiger partial charge in [0.05, 0.1) is 18.6 Å². The van der Waals surface area contributed by atoms with Crippen molar-refractivity contribution in [1.82, 2.24) is 16.0 Å². The molecule has 2 saturated carbocycles. The summed E-state index contributed by atoms with van der Waals surface area (Å²) in [6.07, 6.45) is -0.999. The molecule has 6 nitrogen and oxygen atoms in total. The number of guanidine groups is 1. The fraction of sp³-hybridized carbons (Fsp3) is 0.882. The van der Waals surface area contributed by atoms with Gasteiger partial charge in [0.25, 0.3) is 0 Å². The maximum absolute atomic E-state index is 12.9. The van der Waals surface area contributed by atoms with E-state index in [0.29, 0.717) is 37.9 Å². The molecular formula is C17H30F3IN4O2. The highest BCUT2D eigenvalue weighted by molar-refractivity contribution is 14.0. The molecule has 3 unspecified atom stereocenters. The van der Waals surface area contributed by atoms with Crippen molar-refractivity contribution in [3.8, 4) is 0 Å². The molecule has 1 amide bonds. The zero-order valence-corrected chi connectivity index (χ0v) is 18.1. The van der Waals surface area contributed by atoms with Gasteiger partial charge >= 0.3 is 12.3 Å². The van der Waals surface area contributed by atoms with Gasteiger partial charge in [0, 0.05) is 19.6 Å². The van der Waals surface area contributed by atoms with Crippen LogP contribution in [-0.4, -0.2) is 50.5 Å². The molecule has 0 aromatic heterocycles. The van der Waals surface area contributed by atoms with Crippen molar-refractivity contribution < 1.29 is 22.7 Å². The molecule has 0 radical (unpaired) electrons. The second-order valence-electron chi connectivity index (χ2n) is 7.01. The number of amides is 1. The quantitative estimate of drug-likeness (QED) is 0.293. The molecule has 0 spiro atoms. The third-order valence-electron chi connectivity index (χ3n) is 4.96. The van der Waals surface area contributed by atoms with Gasteiger partial charge in [0.1, 0.15) is 0 Å². The lowest BCUT2D eigenvalue weighted by atomic mass is 9.85. The molecule has 27 heavy (non-hydrogen) atoms. The van der Waals surface area contributed by atoms with Crippen molar-refractivity contribution in [3.05, 3.63) is 0 Å². The maximum Gasteiger partial charge on any atom is 0.407 e. The van der Waals surface area contributed by atoms with Gasteiger partial charge in [-0.25, -0.2) is 4.79 Å². The number of hydrogen-bond donors (Lipinski definition) is 3. The summed E-state index contributed by atoms with van der Waals surface area (Å²) in [4.78, 5) is 15.7. The van der Waals surface area contributed by atoms with Crippen molar-refractivity contribution in [3.63, 3.8) is 0 Å². The van der Waals surface area contributed by atoms with Crippen molar-refractivity contribution in [2.45, 2.75) is 63.7 Å². The number of nitrogens with one attached hydrogen (secondary N) is 3. The first-order valence-corrected chi connectivity index (χ1v) is 9.30. The normalized spacial score (nSPS) is 24.4. The van der Waals surface area contributed by atoms with Crippen LogP contribution in [0.5, 0.6) is 0 Å². The lowest BCUT2D eigenvalue weighted by Crippen LogP contribution is -2.51. The van der Waals surface area contributed by atoms with Crippen LogP contribution in [0.25, 0.3) is 0 Å². The van der Waals surface area contributed by atoms with Crippen LogP contribution in [0.4, 0.5) is 18.0 Å². The van der Waals surface area contributed by atoms with Gasteiger partial charge in [-0.3, -0.25) is 4.99 Å². The van der Waals surface area contributed by atoms with Crippen LogP contribution in [0.3, 0.4) is 0 Å². The summed E-state index contributed by atoms with van der Waals surface area (Å²) < 4.78 is 43.7. The van der Waals surface area contributed by atoms with Gasteiger partial charge in [-0.1, -0.05) is 6.42 Å². The number of nitrogens with zero attached hydrogens (tertiary/aromatic N) is 1. The molecule has 0 bridgehead atoms. The summed E-state index contributed by atoms with van der Waals surface area (Å²) in [6.45, 7) is 2.51. The Kier molecular flexibility index (Phi) is 9.96. The number of alkyl carbamates (subject to hydrolysis) is 1. The van der Waals surface area contributed by atoms with Gasteiger partial charge in [0.2, 0.25) is 0 Å². The minimum absolute atomic E-state index is 0. The molecule has 2 fully saturated rings. The Morgan fingerprint density at radius 3 is 2.52 bits per heavy atom. The smallest absolute Gasteiger partial charge is 0.407 e. The van der Waals surface area contributed by atoms with E-state index < -0.39 is 18.2 Å². The fourth-order valence-corrected chi connectivity index (χ4v) is 3.37. The molecule has 3 N–H and O–H groups in total. The molecule has 2 aliphatic carbocycles. The molecule has 158 valence electrons. The molecule has 0 aromatic carbocycles. The van der Waals surface area contributed by atoms with Crippen molar-refractivity contribution in [1.29, 1.82) is 0 Å². The van der Waals surface area contributed by atoms with E-state index in [1.165, 1.54) is 0 Å². The predicted molar refractivity (Wildman–Crippen MR) is 108 cm³/mol. The van der Waals surface area contributed by atoms with E-state index in [1.54, 1.807) is 14.0 Å². The largest absolute Gasteiger partial charge is 0.450 e. The highest BCUT2D eigenvalue weighted by Crippen LogP contribution is 2.37. The van der Waals surface area contributed by atoms with Crippen LogP contribution >= 0.6 is 24.0 Å². The van der Waals surface area contributed by atoms with E-state index in [0.717, 1.165) is 12.8 Å². The third kappa shape index (κ3) is 8.30. The van der Waals surface area contributed by atoms with Crippen LogP contribution in [-0.2, 0) is 4.74 Å². The number of alkyl halides is 3. The van der Waals surface area contributed by atoms with Crippen LogP contribution < -0.4 is 16.0 Å². The number of carbonyl (C=O) groups excluding carboxylic acids is 1. The van der Waals surface area contributed by atoms with Crippen molar-refractivity contribution in [2.75, 3.05) is 20.2 Å². The van der Waals surface area contributed by atoms with Crippen molar-refractivity contribution >= 4 is 36.0 Å². The van der Waals surface area contributed by atoms with Crippen LogP contribution in [0.2, 0.25) is 0 Å². The molecule has 10 heteroatoms. The zero-order chi connectivity index (χ0) is 19.2. The lowest BCUT2D eigenvalue weighted by Gasteiger charge is -2.32. The molecule has 0 aliphatic heterocycles. The summed E-state index contributed by atoms with van der Waals surface area (Å²) in [6, 6.07) is -0.333. The number of hydrogen-bond acceptors (Lipinski definition) is 3. The Morgan fingerprint density at radius 2 is 1.96 bits per heavy atom. The SMILES string of the molecule is CCOC(=O)NC(CNC(=NC)NC1CCCC(C(F)(F)F)C1)C1CC1.I. The average molecular weight is 506 g/mol. The molecule has 2 aliphatic rings. The van der Waals surface area contributed by atoms with Crippen LogP contribution in [0.15, 0.2) is 4.99 Å². The second kappa shape index (κ2) is 11.2. The van der Waals surface area contributed by atoms with Gasteiger partial charge in [0.15, 0.2) is 5.96 Å². The minimum Gasteiger partial charge on any atom is -0.450 e. The number of carbonyl (C=O) groups is 1. The summed E-state index contributed by atoms with van der Waals surface area (Å²) in [5.41, 5.74) is 0. The fourth-order valence-electron chi connectivity index (χ4n) is 3.37. The Morgan fingerprint density at radius 1 is 1.26 bits per heavy atom. The lowest BCUT2D eigenvalue weighted by molar-refractivity contribution is -0.183. The van der Waals surface area contributed by atoms with Crippen LogP contribution in [0, 0.1) is 11.8 Å². The van der Waals surface area contributed by atoms with E-state index in [-0.39, 0.29) is 48.9 Å². The third-order valence-corrected chi connectivity index (χ3v) is 4.96.